The van der Waals surface area contributed by atoms with Crippen LogP contribution in [0.4, 0.5) is 11.4 Å². The maximum absolute atomic E-state index is 11.3. The predicted octanol–water partition coefficient (Wildman–Crippen LogP) is 5.25. The molecule has 4 saturated carbocycles. The summed E-state index contributed by atoms with van der Waals surface area (Å²) in [6, 6.07) is 3.34. The van der Waals surface area contributed by atoms with Crippen molar-refractivity contribution in [3.05, 3.63) is 38.4 Å². The number of fused-ring (bicyclic) bond motifs is 5. The molecule has 178 valence electrons. The Balaban J connectivity index is 1.27. The van der Waals surface area contributed by atoms with Gasteiger partial charge in [0.05, 0.1) is 27.7 Å². The lowest BCUT2D eigenvalue weighted by Gasteiger charge is -2.55. The largest absolute Gasteiger partial charge is 0.393 e. The van der Waals surface area contributed by atoms with Crippen LogP contribution in [0, 0.1) is 55.2 Å². The Morgan fingerprint density at radius 3 is 2.61 bits per heavy atom. The maximum atomic E-state index is 11.3. The van der Waals surface area contributed by atoms with E-state index < -0.39 is 15.5 Å². The van der Waals surface area contributed by atoms with Crippen molar-refractivity contribution in [1.82, 2.24) is 0 Å². The molecule has 7 atom stereocenters. The van der Waals surface area contributed by atoms with E-state index in [1.54, 1.807) is 0 Å². The number of benzene rings is 1. The van der Waals surface area contributed by atoms with E-state index in [4.69, 9.17) is 4.84 Å². The quantitative estimate of drug-likeness (QED) is 0.486. The number of hydrogen-bond acceptors (Lipinski definition) is 7. The van der Waals surface area contributed by atoms with Gasteiger partial charge >= 0.3 is 5.69 Å². The molecule has 0 unspecified atom stereocenters. The van der Waals surface area contributed by atoms with Gasteiger partial charge in [-0.15, -0.1) is 0 Å². The van der Waals surface area contributed by atoms with E-state index in [0.29, 0.717) is 17.8 Å². The minimum Gasteiger partial charge on any atom is -0.393 e. The summed E-state index contributed by atoms with van der Waals surface area (Å²) in [4.78, 5) is 26.3. The average molecular weight is 458 g/mol. The zero-order valence-electron chi connectivity index (χ0n) is 18.9. The number of non-ortho nitro benzene ring substituents is 1. The third-order valence-electron chi connectivity index (χ3n) is 9.36. The Labute approximate surface area is 192 Å². The molecule has 9 nitrogen and oxygen atoms in total. The highest BCUT2D eigenvalue weighted by molar-refractivity contribution is 5.85. The first-order valence-corrected chi connectivity index (χ1v) is 12.1. The number of oxime groups is 1. The minimum absolute atomic E-state index is 0.0738. The maximum Gasteiger partial charge on any atom is 0.321 e. The van der Waals surface area contributed by atoms with Crippen molar-refractivity contribution < 1.29 is 19.8 Å². The van der Waals surface area contributed by atoms with Crippen LogP contribution in [-0.2, 0) is 0 Å². The molecule has 0 aliphatic heterocycles. The van der Waals surface area contributed by atoms with Crippen molar-refractivity contribution in [1.29, 1.82) is 0 Å². The molecule has 0 amide bonds. The van der Waals surface area contributed by atoms with Crippen LogP contribution in [0.1, 0.15) is 64.7 Å². The molecular weight excluding hydrogens is 426 g/mol. The standard InChI is InChI=1S/C24H31N3O6/c1-24-11-10-18-17-6-3-15(12-14(17)2-5-19(18)20(24)7-9-23(24)28)25-33-22-8-4-16(26(29)30)13-21(22)27(31)32/h4,8,13-14,17-20,23,28H,2-3,5-7,9-12H2,1H3/b25-15+/t14-,17-,18+,19+,20-,23-,24-/m0/s1. The van der Waals surface area contributed by atoms with Crippen LogP contribution in [0.25, 0.3) is 0 Å². The van der Waals surface area contributed by atoms with Crippen molar-refractivity contribution >= 4 is 17.1 Å². The molecule has 0 saturated heterocycles. The zero-order chi connectivity index (χ0) is 23.3. The monoisotopic (exact) mass is 457 g/mol. The summed E-state index contributed by atoms with van der Waals surface area (Å²) in [5.41, 5.74) is 0.214. The van der Waals surface area contributed by atoms with Crippen LogP contribution in [0.2, 0.25) is 0 Å². The normalized spacial score (nSPS) is 38.8. The lowest BCUT2D eigenvalue weighted by molar-refractivity contribution is -0.394. The molecular formula is C24H31N3O6. The first kappa shape index (κ1) is 22.3. The summed E-state index contributed by atoms with van der Waals surface area (Å²) in [5, 5.41) is 37.1. The number of aliphatic hydroxyl groups is 1. The van der Waals surface area contributed by atoms with E-state index in [1.165, 1.54) is 25.0 Å². The van der Waals surface area contributed by atoms with Crippen LogP contribution in [0.3, 0.4) is 0 Å². The highest BCUT2D eigenvalue weighted by Gasteiger charge is 2.56. The fourth-order valence-corrected chi connectivity index (χ4v) is 7.68. The molecule has 4 aliphatic carbocycles. The van der Waals surface area contributed by atoms with Gasteiger partial charge in [0.25, 0.3) is 5.69 Å². The summed E-state index contributed by atoms with van der Waals surface area (Å²) < 4.78 is 0. The summed E-state index contributed by atoms with van der Waals surface area (Å²) in [6.45, 7) is 2.30. The third kappa shape index (κ3) is 3.80. The first-order chi connectivity index (χ1) is 15.8. The summed E-state index contributed by atoms with van der Waals surface area (Å²) in [7, 11) is 0. The first-order valence-electron chi connectivity index (χ1n) is 12.1. The highest BCUT2D eigenvalue weighted by atomic mass is 16.7. The summed E-state index contributed by atoms with van der Waals surface area (Å²) in [5.74, 6) is 3.26. The van der Waals surface area contributed by atoms with Gasteiger partial charge in [-0.2, -0.15) is 0 Å². The van der Waals surface area contributed by atoms with Gasteiger partial charge in [-0.25, -0.2) is 0 Å². The Bertz CT molecular complexity index is 996. The van der Waals surface area contributed by atoms with Gasteiger partial charge in [-0.1, -0.05) is 12.1 Å². The second kappa shape index (κ2) is 8.34. The van der Waals surface area contributed by atoms with Crippen LogP contribution in [-0.4, -0.2) is 26.8 Å². The Hall–Kier alpha value is -2.55. The molecule has 1 N–H and O–H groups in total. The third-order valence-corrected chi connectivity index (χ3v) is 9.36. The fraction of sp³-hybridized carbons (Fsp3) is 0.708. The Morgan fingerprint density at radius 1 is 1.03 bits per heavy atom. The molecule has 0 radical (unpaired) electrons. The summed E-state index contributed by atoms with van der Waals surface area (Å²) >= 11 is 0. The lowest BCUT2D eigenvalue weighted by atomic mass is 9.50. The number of nitro groups is 2. The van der Waals surface area contributed by atoms with Crippen molar-refractivity contribution in [2.75, 3.05) is 0 Å². The van der Waals surface area contributed by atoms with Crippen molar-refractivity contribution in [3.63, 3.8) is 0 Å². The Morgan fingerprint density at radius 2 is 1.85 bits per heavy atom. The van der Waals surface area contributed by atoms with Gasteiger partial charge in [0, 0.05) is 6.07 Å². The second-order valence-corrected chi connectivity index (χ2v) is 10.7. The molecule has 9 heteroatoms. The second-order valence-electron chi connectivity index (χ2n) is 10.7. The number of hydrogen-bond donors (Lipinski definition) is 1. The zero-order valence-corrected chi connectivity index (χ0v) is 18.9. The molecule has 1 aromatic carbocycles. The van der Waals surface area contributed by atoms with Gasteiger partial charge in [-0.05, 0) is 98.9 Å². The minimum atomic E-state index is -0.683. The topological polar surface area (TPSA) is 128 Å². The van der Waals surface area contributed by atoms with E-state index in [0.717, 1.165) is 68.6 Å². The van der Waals surface area contributed by atoms with Gasteiger partial charge in [0.15, 0.2) is 0 Å². The van der Waals surface area contributed by atoms with E-state index >= 15 is 0 Å². The van der Waals surface area contributed by atoms with Gasteiger partial charge in [0.1, 0.15) is 0 Å². The summed E-state index contributed by atoms with van der Waals surface area (Å²) in [6.07, 6.45) is 9.37. The molecule has 4 fully saturated rings. The highest BCUT2D eigenvalue weighted by Crippen LogP contribution is 2.62. The van der Waals surface area contributed by atoms with Crippen LogP contribution < -0.4 is 4.84 Å². The van der Waals surface area contributed by atoms with E-state index in [2.05, 4.69) is 12.1 Å². The van der Waals surface area contributed by atoms with Crippen LogP contribution in [0.15, 0.2) is 23.4 Å². The molecule has 0 spiro atoms. The smallest absolute Gasteiger partial charge is 0.321 e. The van der Waals surface area contributed by atoms with Gasteiger partial charge < -0.3 is 9.94 Å². The molecule has 0 aromatic heterocycles. The van der Waals surface area contributed by atoms with Gasteiger partial charge in [0.2, 0.25) is 5.75 Å². The van der Waals surface area contributed by atoms with Crippen LogP contribution in [0.5, 0.6) is 5.75 Å². The number of rotatable bonds is 4. The van der Waals surface area contributed by atoms with Crippen molar-refractivity contribution in [3.8, 4) is 5.75 Å². The lowest BCUT2D eigenvalue weighted by Crippen LogP contribution is -2.49. The van der Waals surface area contributed by atoms with E-state index in [9.17, 15) is 25.3 Å². The van der Waals surface area contributed by atoms with E-state index in [1.807, 2.05) is 0 Å². The van der Waals surface area contributed by atoms with Crippen molar-refractivity contribution in [2.45, 2.75) is 70.8 Å². The average Bonchev–Trinajstić information content (AvgIpc) is 3.11. The fourth-order valence-electron chi connectivity index (χ4n) is 7.68. The molecule has 0 heterocycles. The number of nitrogens with zero attached hydrogens (tertiary/aromatic N) is 3. The molecule has 5 rings (SSSR count). The molecule has 4 aliphatic rings. The van der Waals surface area contributed by atoms with E-state index in [-0.39, 0.29) is 23.0 Å². The Kier molecular flexibility index (Phi) is 5.63. The van der Waals surface area contributed by atoms with Crippen LogP contribution >= 0.6 is 0 Å². The molecule has 33 heavy (non-hydrogen) atoms. The SMILES string of the molecule is C[C@]12CC[C@H]3[C@@H](CC[C@H]4C/C(=N/Oc5ccc([N+](=O)[O-])cc5[N+](=O)[O-])CC[C@@H]43)[C@@H]1CC[C@@H]2O. The predicted molar refractivity (Wildman–Crippen MR) is 121 cm³/mol. The molecule has 1 aromatic rings. The van der Waals surface area contributed by atoms with Crippen molar-refractivity contribution in [2.24, 2.45) is 40.2 Å². The number of aliphatic hydroxyl groups excluding tert-OH is 1. The number of nitro benzene ring substituents is 2. The van der Waals surface area contributed by atoms with Gasteiger partial charge in [-0.3, -0.25) is 20.2 Å². The molecule has 0 bridgehead atoms.